The second-order valence-corrected chi connectivity index (χ2v) is 14.0. The zero-order valence-corrected chi connectivity index (χ0v) is 27.6. The number of rotatable bonds is 3. The van der Waals surface area contributed by atoms with E-state index in [9.17, 15) is 0 Å². The number of dihydropyridines is 2. The number of aromatic nitrogens is 2. The van der Waals surface area contributed by atoms with Gasteiger partial charge in [-0.05, 0) is 81.6 Å². The average Bonchev–Trinajstić information content (AvgIpc) is 3.67. The predicted molar refractivity (Wildman–Crippen MR) is 199 cm³/mol. The zero-order valence-electron chi connectivity index (χ0n) is 27.6. The van der Waals surface area contributed by atoms with Crippen molar-refractivity contribution >= 4 is 16.6 Å². The van der Waals surface area contributed by atoms with Crippen LogP contribution in [-0.2, 0) is 10.8 Å². The van der Waals surface area contributed by atoms with Crippen LogP contribution >= 0.6 is 0 Å². The van der Waals surface area contributed by atoms with E-state index in [1.165, 1.54) is 55.5 Å². The van der Waals surface area contributed by atoms with E-state index in [2.05, 4.69) is 163 Å². The minimum absolute atomic E-state index is 0.0108. The summed E-state index contributed by atoms with van der Waals surface area (Å²) in [6, 6.07) is 42.5. The molecule has 0 bridgehead atoms. The lowest BCUT2D eigenvalue weighted by Crippen LogP contribution is -2.42. The number of pyridine rings is 1. The molecule has 0 radical (unpaired) electrons. The first-order valence-electron chi connectivity index (χ1n) is 17.2. The monoisotopic (exact) mass is 632 g/mol. The molecule has 0 saturated heterocycles. The van der Waals surface area contributed by atoms with Crippen LogP contribution in [0.3, 0.4) is 0 Å². The molecule has 2 aliphatic carbocycles. The molecule has 6 aromatic rings. The van der Waals surface area contributed by atoms with E-state index in [-0.39, 0.29) is 17.5 Å². The van der Waals surface area contributed by atoms with Gasteiger partial charge in [-0.1, -0.05) is 123 Å². The number of nitrogens with one attached hydrogen (secondary N) is 2. The Labute approximate surface area is 286 Å². The lowest BCUT2D eigenvalue weighted by molar-refractivity contribution is 0.553. The van der Waals surface area contributed by atoms with Gasteiger partial charge in [0.2, 0.25) is 0 Å². The molecule has 0 fully saturated rings. The minimum Gasteiger partial charge on any atom is -0.379 e. The molecule has 2 aromatic heterocycles. The largest absolute Gasteiger partial charge is 0.379 e. The molecule has 2 unspecified atom stereocenters. The van der Waals surface area contributed by atoms with Crippen molar-refractivity contribution in [2.75, 3.05) is 0 Å². The molecule has 4 heterocycles. The van der Waals surface area contributed by atoms with E-state index >= 15 is 0 Å². The van der Waals surface area contributed by atoms with Gasteiger partial charge in [-0.25, -0.2) is 0 Å². The molecular weight excluding hydrogens is 597 g/mol. The van der Waals surface area contributed by atoms with Crippen molar-refractivity contribution < 1.29 is 0 Å². The van der Waals surface area contributed by atoms with E-state index in [4.69, 9.17) is 4.98 Å². The second-order valence-electron chi connectivity index (χ2n) is 14.0. The molecule has 2 N–H and O–H groups in total. The van der Waals surface area contributed by atoms with E-state index in [0.717, 1.165) is 17.1 Å². The average molecular weight is 633 g/mol. The van der Waals surface area contributed by atoms with Crippen LogP contribution in [0.2, 0.25) is 0 Å². The first-order valence-corrected chi connectivity index (χ1v) is 17.2. The van der Waals surface area contributed by atoms with Crippen LogP contribution in [0.5, 0.6) is 0 Å². The van der Waals surface area contributed by atoms with E-state index in [0.29, 0.717) is 0 Å². The normalized spacial score (nSPS) is 20.4. The third kappa shape index (κ3) is 3.77. The minimum atomic E-state index is -0.528. The van der Waals surface area contributed by atoms with Gasteiger partial charge in [-0.2, -0.15) is 0 Å². The fourth-order valence-corrected chi connectivity index (χ4v) is 9.21. The first-order chi connectivity index (χ1) is 24.1. The van der Waals surface area contributed by atoms with E-state index < -0.39 is 5.41 Å². The van der Waals surface area contributed by atoms with Gasteiger partial charge >= 0.3 is 0 Å². The van der Waals surface area contributed by atoms with Gasteiger partial charge in [-0.15, -0.1) is 0 Å². The molecule has 4 heteroatoms. The van der Waals surface area contributed by atoms with Gasteiger partial charge in [0.15, 0.2) is 0 Å². The van der Waals surface area contributed by atoms with Crippen LogP contribution in [0, 0.1) is 0 Å². The highest BCUT2D eigenvalue weighted by molar-refractivity contribution is 5.97. The highest BCUT2D eigenvalue weighted by atomic mass is 15.1. The van der Waals surface area contributed by atoms with Gasteiger partial charge in [0, 0.05) is 34.1 Å². The standard InChI is InChI=1S/C45H36N4/c1-44(2)35-20-8-9-21-36(35)45(33-18-6-3-15-30(33)31-16-4-7-19-34(31)45)43-42(44)32-17-5-10-24-41(32)49(43)29-27-39(37-22-11-13-25-46-37)48-40(28-29)38-23-12-14-26-47-38/h3-28,37,40,46,48H,1-2H3. The summed E-state index contributed by atoms with van der Waals surface area (Å²) < 4.78 is 2.60. The third-order valence-electron chi connectivity index (χ3n) is 11.2. The zero-order chi connectivity index (χ0) is 32.7. The predicted octanol–water partition coefficient (Wildman–Crippen LogP) is 9.15. The maximum Gasteiger partial charge on any atom is 0.0891 e. The Kier molecular flexibility index (Phi) is 5.93. The van der Waals surface area contributed by atoms with Crippen LogP contribution in [0.15, 0.2) is 164 Å². The summed E-state index contributed by atoms with van der Waals surface area (Å²) in [6.07, 6.45) is 15.0. The first kappa shape index (κ1) is 28.2. The van der Waals surface area contributed by atoms with E-state index in [1.807, 2.05) is 24.5 Å². The maximum atomic E-state index is 4.83. The van der Waals surface area contributed by atoms with Crippen molar-refractivity contribution in [2.24, 2.45) is 0 Å². The highest BCUT2D eigenvalue weighted by Gasteiger charge is 2.56. The van der Waals surface area contributed by atoms with Crippen LogP contribution in [0.1, 0.15) is 59.1 Å². The fourth-order valence-electron chi connectivity index (χ4n) is 9.21. The molecule has 4 nitrogen and oxygen atoms in total. The topological polar surface area (TPSA) is 41.9 Å². The number of hydrogen-bond acceptors (Lipinski definition) is 3. The number of para-hydroxylation sites is 1. The molecule has 4 aromatic carbocycles. The van der Waals surface area contributed by atoms with Crippen LogP contribution < -0.4 is 10.6 Å². The van der Waals surface area contributed by atoms with Crippen molar-refractivity contribution in [1.29, 1.82) is 0 Å². The summed E-state index contributed by atoms with van der Waals surface area (Å²) in [5.41, 5.74) is 14.4. The summed E-state index contributed by atoms with van der Waals surface area (Å²) in [6.45, 7) is 4.83. The maximum absolute atomic E-state index is 4.83. The third-order valence-corrected chi connectivity index (χ3v) is 11.2. The Morgan fingerprint density at radius 3 is 2.06 bits per heavy atom. The van der Waals surface area contributed by atoms with Crippen molar-refractivity contribution in [3.8, 4) is 11.1 Å². The van der Waals surface area contributed by atoms with Crippen LogP contribution in [-0.4, -0.2) is 15.6 Å². The fraction of sp³-hybridized carbons (Fsp3) is 0.133. The number of nitrogens with zero attached hydrogens (tertiary/aromatic N) is 2. The quantitative estimate of drug-likeness (QED) is 0.204. The number of allylic oxidation sites excluding steroid dienone is 4. The second kappa shape index (κ2) is 10.3. The Balaban J connectivity index is 1.37. The molecule has 49 heavy (non-hydrogen) atoms. The molecule has 2 atom stereocenters. The van der Waals surface area contributed by atoms with Gasteiger partial charge < -0.3 is 15.2 Å². The molecule has 0 saturated carbocycles. The highest BCUT2D eigenvalue weighted by Crippen LogP contribution is 2.64. The number of fused-ring (bicyclic) bond motifs is 11. The SMILES string of the molecule is CC1(C)c2ccccc2C2(c3ccccc3-c3ccccc32)c2c1c1ccccc1n2C1=CC(c2ccccn2)NC(C2C=CC=CN2)=C1. The van der Waals surface area contributed by atoms with Gasteiger partial charge in [0.1, 0.15) is 0 Å². The Morgan fingerprint density at radius 1 is 0.673 bits per heavy atom. The van der Waals surface area contributed by atoms with Gasteiger partial charge in [0.25, 0.3) is 0 Å². The molecule has 2 aliphatic heterocycles. The Bertz CT molecular complexity index is 2390. The molecule has 0 amide bonds. The lowest BCUT2D eigenvalue weighted by atomic mass is 9.57. The summed E-state index contributed by atoms with van der Waals surface area (Å²) in [5, 5.41) is 8.71. The van der Waals surface area contributed by atoms with Crippen molar-refractivity contribution in [2.45, 2.75) is 36.8 Å². The summed E-state index contributed by atoms with van der Waals surface area (Å²) in [7, 11) is 0. The summed E-state index contributed by atoms with van der Waals surface area (Å²) in [4.78, 5) is 4.83. The number of benzene rings is 4. The summed E-state index contributed by atoms with van der Waals surface area (Å²) >= 11 is 0. The lowest BCUT2D eigenvalue weighted by Gasteiger charge is -2.46. The Hall–Kier alpha value is -5.87. The van der Waals surface area contributed by atoms with Gasteiger partial charge in [0.05, 0.1) is 28.7 Å². The molecule has 236 valence electrons. The number of hydrogen-bond donors (Lipinski definition) is 2. The van der Waals surface area contributed by atoms with E-state index in [1.54, 1.807) is 0 Å². The van der Waals surface area contributed by atoms with Crippen LogP contribution in [0.4, 0.5) is 0 Å². The summed E-state index contributed by atoms with van der Waals surface area (Å²) in [5.74, 6) is 0. The van der Waals surface area contributed by atoms with Gasteiger partial charge in [-0.3, -0.25) is 4.98 Å². The van der Waals surface area contributed by atoms with Crippen LogP contribution in [0.25, 0.3) is 27.7 Å². The molecule has 4 aliphatic rings. The van der Waals surface area contributed by atoms with Crippen molar-refractivity contribution in [3.05, 3.63) is 203 Å². The van der Waals surface area contributed by atoms with Crippen molar-refractivity contribution in [3.63, 3.8) is 0 Å². The molecule has 10 rings (SSSR count). The smallest absolute Gasteiger partial charge is 0.0891 e. The van der Waals surface area contributed by atoms with Crippen molar-refractivity contribution in [1.82, 2.24) is 20.2 Å². The molecule has 1 spiro atoms. The Morgan fingerprint density at radius 2 is 1.35 bits per heavy atom. The molecular formula is C45H36N4.